The van der Waals surface area contributed by atoms with Gasteiger partial charge in [0.1, 0.15) is 11.6 Å². The average molecular weight is 369 g/mol. The molecule has 0 spiro atoms. The second kappa shape index (κ2) is 6.29. The lowest BCUT2D eigenvalue weighted by Crippen LogP contribution is -2.08. The zero-order valence-corrected chi connectivity index (χ0v) is 13.1. The summed E-state index contributed by atoms with van der Waals surface area (Å²) in [6, 6.07) is 8.34. The number of nitrogens with zero attached hydrogens (tertiary/aromatic N) is 2. The normalized spacial score (nSPS) is 10.7. The number of aromatic nitrogens is 2. The van der Waals surface area contributed by atoms with Crippen LogP contribution in [0.4, 0.5) is 5.82 Å². The van der Waals surface area contributed by atoms with Gasteiger partial charge < -0.3 is 10.5 Å². The first kappa shape index (κ1) is 14.2. The Kier molecular flexibility index (Phi) is 4.71. The molecule has 1 heterocycles. The zero-order chi connectivity index (χ0) is 13.8. The van der Waals surface area contributed by atoms with Crippen LogP contribution in [0, 0.1) is 10.5 Å². The van der Waals surface area contributed by atoms with E-state index in [2.05, 4.69) is 63.7 Å². The summed E-state index contributed by atoms with van der Waals surface area (Å²) >= 11 is 2.15. The highest BCUT2D eigenvalue weighted by atomic mass is 127. The van der Waals surface area contributed by atoms with E-state index in [0.29, 0.717) is 18.8 Å². The minimum absolute atomic E-state index is 0.450. The molecule has 0 bridgehead atoms. The van der Waals surface area contributed by atoms with Crippen molar-refractivity contribution in [2.45, 2.75) is 20.0 Å². The minimum Gasteiger partial charge on any atom is -0.383 e. The number of rotatable bonds is 4. The first-order chi connectivity index (χ1) is 9.10. The van der Waals surface area contributed by atoms with Gasteiger partial charge in [-0.2, -0.15) is 0 Å². The lowest BCUT2D eigenvalue weighted by atomic mass is 10.1. The lowest BCUT2D eigenvalue weighted by Gasteiger charge is -2.08. The largest absolute Gasteiger partial charge is 0.383 e. The summed E-state index contributed by atoms with van der Waals surface area (Å²) in [5.41, 5.74) is 9.18. The molecule has 0 aliphatic carbocycles. The molecule has 0 fully saturated rings. The van der Waals surface area contributed by atoms with Crippen LogP contribution in [-0.4, -0.2) is 17.1 Å². The molecule has 0 amide bonds. The van der Waals surface area contributed by atoms with Gasteiger partial charge in [-0.05, 0) is 35.1 Å². The number of benzene rings is 1. The molecule has 0 aliphatic heterocycles. The van der Waals surface area contributed by atoms with Crippen molar-refractivity contribution < 1.29 is 4.74 Å². The molecule has 2 rings (SSSR count). The Morgan fingerprint density at radius 3 is 2.53 bits per heavy atom. The van der Waals surface area contributed by atoms with Gasteiger partial charge in [0.05, 0.1) is 15.9 Å². The molecular formula is C14H16IN3O. The van der Waals surface area contributed by atoms with Crippen molar-refractivity contribution in [1.82, 2.24) is 9.97 Å². The predicted octanol–water partition coefficient (Wildman–Crippen LogP) is 2.71. The molecule has 2 N–H and O–H groups in total. The molecule has 19 heavy (non-hydrogen) atoms. The second-order valence-electron chi connectivity index (χ2n) is 4.38. The molecule has 0 atom stereocenters. The third kappa shape index (κ3) is 3.63. The maximum Gasteiger partial charge on any atom is 0.141 e. The van der Waals surface area contributed by atoms with Crippen LogP contribution in [0.1, 0.15) is 22.6 Å². The second-order valence-corrected chi connectivity index (χ2v) is 5.46. The fourth-order valence-electron chi connectivity index (χ4n) is 1.77. The van der Waals surface area contributed by atoms with Crippen molar-refractivity contribution in [3.8, 4) is 0 Å². The van der Waals surface area contributed by atoms with E-state index in [4.69, 9.17) is 10.5 Å². The number of aryl methyl sites for hydroxylation is 1. The zero-order valence-electron chi connectivity index (χ0n) is 11.0. The highest BCUT2D eigenvalue weighted by Crippen LogP contribution is 2.18. The molecule has 100 valence electrons. The summed E-state index contributed by atoms with van der Waals surface area (Å²) in [7, 11) is 1.65. The number of hydrogen-bond donors (Lipinski definition) is 1. The Balaban J connectivity index is 2.27. The van der Waals surface area contributed by atoms with E-state index in [9.17, 15) is 0 Å². The van der Waals surface area contributed by atoms with E-state index >= 15 is 0 Å². The molecular weight excluding hydrogens is 353 g/mol. The van der Waals surface area contributed by atoms with Gasteiger partial charge in [-0.25, -0.2) is 9.97 Å². The Bertz CT molecular complexity index is 570. The van der Waals surface area contributed by atoms with Crippen LogP contribution in [0.3, 0.4) is 0 Å². The van der Waals surface area contributed by atoms with E-state index in [1.807, 2.05) is 0 Å². The predicted molar refractivity (Wildman–Crippen MR) is 83.9 cm³/mol. The summed E-state index contributed by atoms with van der Waals surface area (Å²) in [6.45, 7) is 2.52. The van der Waals surface area contributed by atoms with Gasteiger partial charge in [-0.3, -0.25) is 0 Å². The Morgan fingerprint density at radius 1 is 1.21 bits per heavy atom. The number of hydrogen-bond acceptors (Lipinski definition) is 4. The maximum atomic E-state index is 5.92. The molecule has 0 unspecified atom stereocenters. The van der Waals surface area contributed by atoms with Crippen LogP contribution in [0.2, 0.25) is 0 Å². The van der Waals surface area contributed by atoms with E-state index in [1.165, 1.54) is 11.1 Å². The van der Waals surface area contributed by atoms with Crippen LogP contribution in [0.15, 0.2) is 24.3 Å². The Morgan fingerprint density at radius 2 is 1.89 bits per heavy atom. The van der Waals surface area contributed by atoms with Gasteiger partial charge in [-0.1, -0.05) is 29.8 Å². The summed E-state index contributed by atoms with van der Waals surface area (Å²) in [4.78, 5) is 8.85. The monoisotopic (exact) mass is 369 g/mol. The van der Waals surface area contributed by atoms with Crippen molar-refractivity contribution in [3.63, 3.8) is 0 Å². The number of ether oxygens (including phenoxy) is 1. The number of anilines is 1. The van der Waals surface area contributed by atoms with Gasteiger partial charge in [-0.15, -0.1) is 0 Å². The first-order valence-electron chi connectivity index (χ1n) is 5.95. The third-order valence-corrected chi connectivity index (χ3v) is 3.93. The van der Waals surface area contributed by atoms with Crippen molar-refractivity contribution in [3.05, 3.63) is 50.5 Å². The molecule has 0 saturated carbocycles. The smallest absolute Gasteiger partial charge is 0.141 e. The molecule has 1 aromatic heterocycles. The molecule has 2 aromatic rings. The highest BCUT2D eigenvalue weighted by Gasteiger charge is 2.10. The molecule has 0 radical (unpaired) electrons. The van der Waals surface area contributed by atoms with Crippen molar-refractivity contribution in [1.29, 1.82) is 0 Å². The SMILES string of the molecule is COCc1nc(Cc2ccc(C)cc2)nc(N)c1I. The molecule has 0 saturated heterocycles. The quantitative estimate of drug-likeness (QED) is 0.842. The number of nitrogens with two attached hydrogens (primary N) is 1. The van der Waals surface area contributed by atoms with Gasteiger partial charge in [0.15, 0.2) is 0 Å². The van der Waals surface area contributed by atoms with E-state index in [-0.39, 0.29) is 0 Å². The number of nitrogen functional groups attached to an aromatic ring is 1. The topological polar surface area (TPSA) is 61.0 Å². The molecule has 0 aliphatic rings. The summed E-state index contributed by atoms with van der Waals surface area (Å²) in [5, 5.41) is 0. The van der Waals surface area contributed by atoms with Crippen LogP contribution in [-0.2, 0) is 17.8 Å². The van der Waals surface area contributed by atoms with Gasteiger partial charge in [0, 0.05) is 13.5 Å². The van der Waals surface area contributed by atoms with Crippen LogP contribution >= 0.6 is 22.6 Å². The molecule has 5 heteroatoms. The fraction of sp³-hybridized carbons (Fsp3) is 0.286. The van der Waals surface area contributed by atoms with Crippen LogP contribution in [0.5, 0.6) is 0 Å². The maximum absolute atomic E-state index is 5.92. The highest BCUT2D eigenvalue weighted by molar-refractivity contribution is 14.1. The van der Waals surface area contributed by atoms with Crippen molar-refractivity contribution in [2.24, 2.45) is 0 Å². The molecule has 1 aromatic carbocycles. The van der Waals surface area contributed by atoms with E-state index in [0.717, 1.165) is 15.1 Å². The standard InChI is InChI=1S/C14H16IN3O/c1-9-3-5-10(6-4-9)7-12-17-11(8-19-2)13(15)14(16)18-12/h3-6H,7-8H2,1-2H3,(H2,16,17,18). The summed E-state index contributed by atoms with van der Waals surface area (Å²) < 4.78 is 6.00. The van der Waals surface area contributed by atoms with E-state index < -0.39 is 0 Å². The van der Waals surface area contributed by atoms with Gasteiger partial charge in [0.25, 0.3) is 0 Å². The average Bonchev–Trinajstić information content (AvgIpc) is 2.38. The summed E-state index contributed by atoms with van der Waals surface area (Å²) in [6.07, 6.45) is 0.679. The fourth-order valence-corrected chi connectivity index (χ4v) is 2.16. The summed E-state index contributed by atoms with van der Waals surface area (Å²) in [5.74, 6) is 1.25. The Hall–Kier alpha value is -1.21. The number of halogens is 1. The van der Waals surface area contributed by atoms with Gasteiger partial charge >= 0.3 is 0 Å². The van der Waals surface area contributed by atoms with Gasteiger partial charge in [0.2, 0.25) is 0 Å². The first-order valence-corrected chi connectivity index (χ1v) is 7.03. The van der Waals surface area contributed by atoms with Crippen LogP contribution in [0.25, 0.3) is 0 Å². The molecule has 4 nitrogen and oxygen atoms in total. The van der Waals surface area contributed by atoms with Crippen molar-refractivity contribution in [2.75, 3.05) is 12.8 Å². The number of methoxy groups -OCH3 is 1. The lowest BCUT2D eigenvalue weighted by molar-refractivity contribution is 0.180. The Labute approximate surface area is 126 Å². The third-order valence-electron chi connectivity index (χ3n) is 2.76. The minimum atomic E-state index is 0.450. The van der Waals surface area contributed by atoms with Crippen molar-refractivity contribution >= 4 is 28.4 Å². The van der Waals surface area contributed by atoms with Crippen LogP contribution < -0.4 is 5.73 Å². The van der Waals surface area contributed by atoms with E-state index in [1.54, 1.807) is 7.11 Å².